The first-order valence-electron chi connectivity index (χ1n) is 7.76. The van der Waals surface area contributed by atoms with Crippen LogP contribution in [0.15, 0.2) is 18.9 Å². The lowest BCUT2D eigenvalue weighted by Crippen LogP contribution is -2.35. The Morgan fingerprint density at radius 3 is 2.79 bits per heavy atom. The molecule has 1 aliphatic carbocycles. The lowest BCUT2D eigenvalue weighted by atomic mass is 9.85. The Morgan fingerprint density at radius 2 is 2.12 bits per heavy atom. The number of aromatic nitrogens is 5. The second-order valence-electron chi connectivity index (χ2n) is 6.00. The Hall–Kier alpha value is -2.75. The van der Waals surface area contributed by atoms with E-state index >= 15 is 0 Å². The number of hydrogen-bond donors (Lipinski definition) is 4. The number of nitrogens with two attached hydrogens (primary N) is 1. The average Bonchev–Trinajstić information content (AvgIpc) is 3.04. The maximum Gasteiger partial charge on any atom is 0.254 e. The highest BCUT2D eigenvalue weighted by Gasteiger charge is 2.27. The van der Waals surface area contributed by atoms with E-state index in [-0.39, 0.29) is 29.6 Å². The predicted molar refractivity (Wildman–Crippen MR) is 86.0 cm³/mol. The molecule has 2 aromatic rings. The van der Waals surface area contributed by atoms with Gasteiger partial charge in [-0.2, -0.15) is 4.98 Å². The first-order chi connectivity index (χ1) is 11.5. The zero-order valence-electron chi connectivity index (χ0n) is 13.3. The van der Waals surface area contributed by atoms with Gasteiger partial charge in [0.2, 0.25) is 5.95 Å². The summed E-state index contributed by atoms with van der Waals surface area (Å²) in [4.78, 5) is 20.0. The Kier molecular flexibility index (Phi) is 4.56. The average molecular weight is 332 g/mol. The predicted octanol–water partition coefficient (Wildman–Crippen LogP) is 0.00360. The van der Waals surface area contributed by atoms with Gasteiger partial charge in [0, 0.05) is 12.2 Å². The number of amides is 1. The van der Waals surface area contributed by atoms with E-state index in [9.17, 15) is 9.90 Å². The SMILES string of the molecule is C[C@@H]1CC[C@@H](Nc2nc(Nn3cnnc3)ncc2C(N)=O)C[C@H]1O. The standard InChI is InChI=1S/C14H20N8O2/c1-8-2-3-9(4-11(8)23)19-13-10(12(15)24)5-16-14(20-13)21-22-6-17-18-7-22/h5-9,11,23H,2-4H2,1H3,(H2,15,24)(H2,16,19,20,21)/t8-,9-,11-/m1/s1. The van der Waals surface area contributed by atoms with Crippen molar-refractivity contribution in [1.82, 2.24) is 24.8 Å². The fourth-order valence-corrected chi connectivity index (χ4v) is 2.72. The van der Waals surface area contributed by atoms with Crippen LogP contribution in [0.2, 0.25) is 0 Å². The van der Waals surface area contributed by atoms with Crippen LogP contribution in [0.1, 0.15) is 36.5 Å². The number of carbonyl (C=O) groups is 1. The third-order valence-corrected chi connectivity index (χ3v) is 4.20. The van der Waals surface area contributed by atoms with Crippen molar-refractivity contribution in [2.24, 2.45) is 11.7 Å². The second-order valence-corrected chi connectivity index (χ2v) is 6.00. The van der Waals surface area contributed by atoms with Gasteiger partial charge >= 0.3 is 0 Å². The smallest absolute Gasteiger partial charge is 0.254 e. The molecule has 0 unspecified atom stereocenters. The third kappa shape index (κ3) is 3.59. The number of aliphatic hydroxyl groups is 1. The Bertz CT molecular complexity index is 705. The highest BCUT2D eigenvalue weighted by molar-refractivity contribution is 5.97. The van der Waals surface area contributed by atoms with Crippen LogP contribution in [-0.4, -0.2) is 48.0 Å². The third-order valence-electron chi connectivity index (χ3n) is 4.20. The van der Waals surface area contributed by atoms with Gasteiger partial charge in [0.1, 0.15) is 18.5 Å². The molecule has 0 aliphatic heterocycles. The molecule has 0 saturated heterocycles. The van der Waals surface area contributed by atoms with Crippen LogP contribution in [0.3, 0.4) is 0 Å². The number of nitrogens with one attached hydrogen (secondary N) is 2. The van der Waals surface area contributed by atoms with Gasteiger partial charge in [-0.15, -0.1) is 10.2 Å². The number of anilines is 2. The van der Waals surface area contributed by atoms with Crippen LogP contribution in [0.5, 0.6) is 0 Å². The molecular weight excluding hydrogens is 312 g/mol. The van der Waals surface area contributed by atoms with Gasteiger partial charge in [0.05, 0.1) is 11.7 Å². The van der Waals surface area contributed by atoms with Gasteiger partial charge in [0.25, 0.3) is 5.91 Å². The molecule has 5 N–H and O–H groups in total. The fraction of sp³-hybridized carbons (Fsp3) is 0.500. The van der Waals surface area contributed by atoms with Gasteiger partial charge in [-0.25, -0.2) is 9.66 Å². The maximum absolute atomic E-state index is 11.6. The van der Waals surface area contributed by atoms with E-state index in [1.165, 1.54) is 23.5 Å². The van der Waals surface area contributed by atoms with Crippen LogP contribution in [0.4, 0.5) is 11.8 Å². The van der Waals surface area contributed by atoms with Gasteiger partial charge < -0.3 is 16.2 Å². The van der Waals surface area contributed by atoms with Gasteiger partial charge in [-0.1, -0.05) is 6.92 Å². The number of nitrogens with zero attached hydrogens (tertiary/aromatic N) is 5. The van der Waals surface area contributed by atoms with Crippen molar-refractivity contribution >= 4 is 17.7 Å². The zero-order chi connectivity index (χ0) is 17.1. The first-order valence-corrected chi connectivity index (χ1v) is 7.76. The summed E-state index contributed by atoms with van der Waals surface area (Å²) in [5.74, 6) is 0.278. The van der Waals surface area contributed by atoms with Crippen LogP contribution < -0.4 is 16.5 Å². The quantitative estimate of drug-likeness (QED) is 0.599. The number of carbonyl (C=O) groups excluding carboxylic acids is 1. The van der Waals surface area contributed by atoms with Gasteiger partial charge in [-0.05, 0) is 25.2 Å². The summed E-state index contributed by atoms with van der Waals surface area (Å²) in [5, 5.41) is 20.6. The van der Waals surface area contributed by atoms with Gasteiger partial charge in [-0.3, -0.25) is 10.2 Å². The molecule has 0 spiro atoms. The van der Waals surface area contributed by atoms with Crippen molar-refractivity contribution < 1.29 is 9.90 Å². The minimum Gasteiger partial charge on any atom is -0.393 e. The molecule has 24 heavy (non-hydrogen) atoms. The summed E-state index contributed by atoms with van der Waals surface area (Å²) in [5.41, 5.74) is 8.48. The molecule has 2 aromatic heterocycles. The molecule has 0 radical (unpaired) electrons. The van der Waals surface area contributed by atoms with Crippen molar-refractivity contribution in [3.05, 3.63) is 24.4 Å². The summed E-state index contributed by atoms with van der Waals surface area (Å²) >= 11 is 0. The van der Waals surface area contributed by atoms with E-state index in [1.54, 1.807) is 0 Å². The molecule has 0 bridgehead atoms. The molecule has 2 heterocycles. The van der Waals surface area contributed by atoms with Crippen molar-refractivity contribution in [3.8, 4) is 0 Å². The number of aliphatic hydroxyl groups excluding tert-OH is 1. The minimum atomic E-state index is -0.613. The van der Waals surface area contributed by atoms with Crippen LogP contribution in [0, 0.1) is 5.92 Å². The number of hydrogen-bond acceptors (Lipinski definition) is 8. The molecule has 0 aromatic carbocycles. The highest BCUT2D eigenvalue weighted by Crippen LogP contribution is 2.27. The second kappa shape index (κ2) is 6.79. The molecule has 128 valence electrons. The topological polar surface area (TPSA) is 144 Å². The van der Waals surface area contributed by atoms with Crippen molar-refractivity contribution in [2.45, 2.75) is 38.3 Å². The number of primary amides is 1. The molecule has 3 atom stereocenters. The number of rotatable bonds is 5. The largest absolute Gasteiger partial charge is 0.393 e. The first kappa shape index (κ1) is 16.1. The van der Waals surface area contributed by atoms with E-state index < -0.39 is 5.91 Å². The van der Waals surface area contributed by atoms with Crippen molar-refractivity contribution in [3.63, 3.8) is 0 Å². The van der Waals surface area contributed by atoms with Gasteiger partial charge in [0.15, 0.2) is 0 Å². The summed E-state index contributed by atoms with van der Waals surface area (Å²) in [7, 11) is 0. The Morgan fingerprint density at radius 1 is 1.38 bits per heavy atom. The van der Waals surface area contributed by atoms with E-state index in [1.807, 2.05) is 6.92 Å². The zero-order valence-corrected chi connectivity index (χ0v) is 13.3. The molecule has 10 heteroatoms. The van der Waals surface area contributed by atoms with E-state index in [0.717, 1.165) is 12.8 Å². The molecule has 1 aliphatic rings. The molecule has 1 amide bonds. The monoisotopic (exact) mass is 332 g/mol. The van der Waals surface area contributed by atoms with Crippen LogP contribution in [-0.2, 0) is 0 Å². The Labute approximate surface area is 138 Å². The van der Waals surface area contributed by atoms with Crippen LogP contribution >= 0.6 is 0 Å². The lowest BCUT2D eigenvalue weighted by Gasteiger charge is -2.32. The summed E-state index contributed by atoms with van der Waals surface area (Å²) in [6.07, 6.45) is 6.29. The van der Waals surface area contributed by atoms with E-state index in [0.29, 0.717) is 12.2 Å². The molecule has 3 rings (SSSR count). The van der Waals surface area contributed by atoms with Crippen molar-refractivity contribution in [1.29, 1.82) is 0 Å². The van der Waals surface area contributed by atoms with Crippen LogP contribution in [0.25, 0.3) is 0 Å². The molecule has 10 nitrogen and oxygen atoms in total. The maximum atomic E-state index is 11.6. The fourth-order valence-electron chi connectivity index (χ4n) is 2.72. The highest BCUT2D eigenvalue weighted by atomic mass is 16.3. The van der Waals surface area contributed by atoms with E-state index in [2.05, 4.69) is 30.9 Å². The summed E-state index contributed by atoms with van der Waals surface area (Å²) in [6, 6.07) is 0.0203. The Balaban J connectivity index is 1.79. The summed E-state index contributed by atoms with van der Waals surface area (Å²) < 4.78 is 1.48. The molecular formula is C14H20N8O2. The molecule has 1 saturated carbocycles. The van der Waals surface area contributed by atoms with Crippen molar-refractivity contribution in [2.75, 3.05) is 10.7 Å². The lowest BCUT2D eigenvalue weighted by molar-refractivity contribution is 0.0739. The minimum absolute atomic E-state index is 0.0203. The summed E-state index contributed by atoms with van der Waals surface area (Å²) in [6.45, 7) is 2.03. The van der Waals surface area contributed by atoms with E-state index in [4.69, 9.17) is 5.73 Å². The normalized spacial score (nSPS) is 23.7. The molecule has 1 fully saturated rings.